The fraction of sp³-hybridized carbons (Fsp3) is 0.571. The molecule has 1 rings (SSSR count). The Morgan fingerprint density at radius 1 is 1.73 bits per heavy atom. The van der Waals surface area contributed by atoms with E-state index in [0.29, 0.717) is 6.54 Å². The van der Waals surface area contributed by atoms with Gasteiger partial charge in [-0.2, -0.15) is 5.48 Å². The first-order valence-electron chi connectivity index (χ1n) is 3.56. The molecule has 3 nitrogen and oxygen atoms in total. The third kappa shape index (κ3) is 2.57. The summed E-state index contributed by atoms with van der Waals surface area (Å²) in [4.78, 5) is 9.05. The highest BCUT2D eigenvalue weighted by Gasteiger charge is 1.97. The molecule has 4 heteroatoms. The molecule has 1 aromatic rings. The number of aryl methyl sites for hydroxylation is 1. The van der Waals surface area contributed by atoms with Crippen molar-refractivity contribution in [2.75, 3.05) is 7.11 Å². The van der Waals surface area contributed by atoms with Crippen LogP contribution in [0.1, 0.15) is 17.6 Å². The Hall–Kier alpha value is -0.450. The zero-order chi connectivity index (χ0) is 8.10. The highest BCUT2D eigenvalue weighted by atomic mass is 32.1. The summed E-state index contributed by atoms with van der Waals surface area (Å²) in [6.45, 7) is 2.79. The normalized spacial score (nSPS) is 10.4. The fourth-order valence-electron chi connectivity index (χ4n) is 0.739. The summed E-state index contributed by atoms with van der Waals surface area (Å²) < 4.78 is 0. The molecule has 0 aromatic carbocycles. The Morgan fingerprint density at radius 2 is 2.55 bits per heavy atom. The average molecular weight is 172 g/mol. The molecule has 0 fully saturated rings. The third-order valence-corrected chi connectivity index (χ3v) is 2.34. The van der Waals surface area contributed by atoms with Crippen LogP contribution in [0, 0.1) is 0 Å². The summed E-state index contributed by atoms with van der Waals surface area (Å²) in [5, 5.41) is 3.23. The topological polar surface area (TPSA) is 34.2 Å². The first-order valence-corrected chi connectivity index (χ1v) is 4.44. The summed E-state index contributed by atoms with van der Waals surface area (Å²) in [5.74, 6) is 0. The predicted molar refractivity (Wildman–Crippen MR) is 45.3 cm³/mol. The highest BCUT2D eigenvalue weighted by molar-refractivity contribution is 7.09. The van der Waals surface area contributed by atoms with E-state index in [2.05, 4.69) is 17.4 Å². The van der Waals surface area contributed by atoms with Crippen LogP contribution in [0.25, 0.3) is 0 Å². The molecule has 0 saturated heterocycles. The Morgan fingerprint density at radius 3 is 3.09 bits per heavy atom. The maximum absolute atomic E-state index is 4.70. The molecule has 0 atom stereocenters. The van der Waals surface area contributed by atoms with Gasteiger partial charge in [0.05, 0.1) is 24.4 Å². The molecule has 11 heavy (non-hydrogen) atoms. The lowest BCUT2D eigenvalue weighted by Gasteiger charge is -1.95. The first-order chi connectivity index (χ1) is 5.36. The van der Waals surface area contributed by atoms with E-state index in [0.717, 1.165) is 12.1 Å². The van der Waals surface area contributed by atoms with E-state index >= 15 is 0 Å². The lowest BCUT2D eigenvalue weighted by atomic mass is 10.5. The van der Waals surface area contributed by atoms with Crippen LogP contribution in [0.5, 0.6) is 0 Å². The number of aromatic nitrogens is 1. The summed E-state index contributed by atoms with van der Waals surface area (Å²) >= 11 is 1.69. The Bertz CT molecular complexity index is 212. The van der Waals surface area contributed by atoms with Crippen LogP contribution < -0.4 is 5.48 Å². The lowest BCUT2D eigenvalue weighted by Crippen LogP contribution is -2.10. The molecular formula is C7H12N2OS. The van der Waals surface area contributed by atoms with E-state index in [4.69, 9.17) is 4.84 Å². The van der Waals surface area contributed by atoms with Gasteiger partial charge in [-0.25, -0.2) is 4.98 Å². The molecule has 62 valence electrons. The van der Waals surface area contributed by atoms with Crippen LogP contribution in [0.2, 0.25) is 0 Å². The van der Waals surface area contributed by atoms with Crippen LogP contribution in [-0.4, -0.2) is 12.1 Å². The summed E-state index contributed by atoms with van der Waals surface area (Å²) in [5.41, 5.74) is 3.80. The molecule has 1 aromatic heterocycles. The maximum atomic E-state index is 4.70. The van der Waals surface area contributed by atoms with Crippen molar-refractivity contribution in [3.05, 3.63) is 16.1 Å². The first kappa shape index (κ1) is 8.64. The number of hydroxylamine groups is 1. The summed E-state index contributed by atoms with van der Waals surface area (Å²) in [6, 6.07) is 0. The van der Waals surface area contributed by atoms with Crippen LogP contribution in [-0.2, 0) is 17.8 Å². The molecule has 0 radical (unpaired) electrons. The van der Waals surface area contributed by atoms with Crippen LogP contribution in [0.4, 0.5) is 0 Å². The lowest BCUT2D eigenvalue weighted by molar-refractivity contribution is 0.0859. The molecule has 0 amide bonds. The minimum Gasteiger partial charge on any atom is -0.305 e. The number of nitrogens with zero attached hydrogens (tertiary/aromatic N) is 1. The summed E-state index contributed by atoms with van der Waals surface area (Å²) in [7, 11) is 1.60. The maximum Gasteiger partial charge on any atom is 0.0926 e. The number of hydrogen-bond acceptors (Lipinski definition) is 4. The van der Waals surface area contributed by atoms with Gasteiger partial charge in [0.2, 0.25) is 0 Å². The predicted octanol–water partition coefficient (Wildman–Crippen LogP) is 1.36. The largest absolute Gasteiger partial charge is 0.305 e. The van der Waals surface area contributed by atoms with Gasteiger partial charge in [-0.3, -0.25) is 0 Å². The minimum atomic E-state index is 0.687. The van der Waals surface area contributed by atoms with E-state index in [1.807, 2.05) is 5.38 Å². The number of hydrogen-bond donors (Lipinski definition) is 1. The van der Waals surface area contributed by atoms with Gasteiger partial charge in [0.15, 0.2) is 0 Å². The number of thiazole rings is 1. The van der Waals surface area contributed by atoms with Crippen LogP contribution >= 0.6 is 11.3 Å². The molecule has 0 unspecified atom stereocenters. The van der Waals surface area contributed by atoms with Crippen molar-refractivity contribution < 1.29 is 4.84 Å². The zero-order valence-corrected chi connectivity index (χ0v) is 7.57. The molecule has 1 heterocycles. The van der Waals surface area contributed by atoms with Crippen molar-refractivity contribution in [3.8, 4) is 0 Å². The second kappa shape index (κ2) is 4.43. The van der Waals surface area contributed by atoms with E-state index in [-0.39, 0.29) is 0 Å². The third-order valence-electron chi connectivity index (χ3n) is 1.30. The fourth-order valence-corrected chi connectivity index (χ4v) is 1.48. The number of nitrogens with one attached hydrogen (secondary N) is 1. The van der Waals surface area contributed by atoms with Gasteiger partial charge in [0, 0.05) is 5.38 Å². The molecule has 0 aliphatic rings. The van der Waals surface area contributed by atoms with Gasteiger partial charge in [0.25, 0.3) is 0 Å². The Labute approximate surface area is 70.4 Å². The zero-order valence-electron chi connectivity index (χ0n) is 6.76. The molecular weight excluding hydrogens is 160 g/mol. The molecule has 0 saturated carbocycles. The molecule has 0 aliphatic carbocycles. The Balaban J connectivity index is 2.44. The average Bonchev–Trinajstić information content (AvgIpc) is 2.48. The van der Waals surface area contributed by atoms with Gasteiger partial charge in [-0.05, 0) is 6.42 Å². The van der Waals surface area contributed by atoms with Gasteiger partial charge in [-0.15, -0.1) is 11.3 Å². The number of rotatable bonds is 4. The monoisotopic (exact) mass is 172 g/mol. The Kier molecular flexibility index (Phi) is 3.48. The van der Waals surface area contributed by atoms with Gasteiger partial charge in [-0.1, -0.05) is 6.92 Å². The van der Waals surface area contributed by atoms with Gasteiger partial charge >= 0.3 is 0 Å². The van der Waals surface area contributed by atoms with Crippen molar-refractivity contribution in [2.45, 2.75) is 19.9 Å². The van der Waals surface area contributed by atoms with Crippen molar-refractivity contribution >= 4 is 11.3 Å². The minimum absolute atomic E-state index is 0.687. The smallest absolute Gasteiger partial charge is 0.0926 e. The quantitative estimate of drug-likeness (QED) is 0.696. The highest BCUT2D eigenvalue weighted by Crippen LogP contribution is 2.09. The molecule has 0 spiro atoms. The van der Waals surface area contributed by atoms with Crippen molar-refractivity contribution in [1.82, 2.24) is 10.5 Å². The van der Waals surface area contributed by atoms with E-state index in [1.54, 1.807) is 18.4 Å². The van der Waals surface area contributed by atoms with Crippen LogP contribution in [0.15, 0.2) is 5.38 Å². The van der Waals surface area contributed by atoms with E-state index in [1.165, 1.54) is 5.01 Å². The van der Waals surface area contributed by atoms with Crippen molar-refractivity contribution in [1.29, 1.82) is 0 Å². The van der Waals surface area contributed by atoms with Crippen molar-refractivity contribution in [3.63, 3.8) is 0 Å². The SMILES string of the molecule is CCc1nc(CNOC)cs1. The van der Waals surface area contributed by atoms with Crippen molar-refractivity contribution in [2.24, 2.45) is 0 Å². The van der Waals surface area contributed by atoms with Gasteiger partial charge < -0.3 is 4.84 Å². The standard InChI is InChI=1S/C7H12N2OS/c1-3-7-9-6(5-11-7)4-8-10-2/h5,8H,3-4H2,1-2H3. The molecule has 1 N–H and O–H groups in total. The van der Waals surface area contributed by atoms with E-state index < -0.39 is 0 Å². The van der Waals surface area contributed by atoms with E-state index in [9.17, 15) is 0 Å². The van der Waals surface area contributed by atoms with Gasteiger partial charge in [0.1, 0.15) is 0 Å². The second-order valence-electron chi connectivity index (χ2n) is 2.11. The second-order valence-corrected chi connectivity index (χ2v) is 3.05. The van der Waals surface area contributed by atoms with Crippen LogP contribution in [0.3, 0.4) is 0 Å². The molecule has 0 bridgehead atoms. The molecule has 0 aliphatic heterocycles. The summed E-state index contributed by atoms with van der Waals surface area (Å²) in [6.07, 6.45) is 1.01.